The molecule has 1 aromatic carbocycles. The zero-order valence-electron chi connectivity index (χ0n) is 14.6. The monoisotopic (exact) mass is 385 g/mol. The number of hydrogen-bond donors (Lipinski definition) is 2. The van der Waals surface area contributed by atoms with Crippen molar-refractivity contribution in [1.82, 2.24) is 10.2 Å². The molecule has 2 atom stereocenters. The van der Waals surface area contributed by atoms with Crippen LogP contribution in [0.15, 0.2) is 18.2 Å². The van der Waals surface area contributed by atoms with Crippen LogP contribution in [0.1, 0.15) is 36.0 Å². The van der Waals surface area contributed by atoms with Crippen molar-refractivity contribution in [3.05, 3.63) is 28.8 Å². The van der Waals surface area contributed by atoms with Crippen LogP contribution in [-0.4, -0.2) is 43.9 Å². The van der Waals surface area contributed by atoms with Crippen molar-refractivity contribution in [3.8, 4) is 0 Å². The molecule has 0 radical (unpaired) electrons. The predicted molar refractivity (Wildman–Crippen MR) is 103 cm³/mol. The van der Waals surface area contributed by atoms with Crippen molar-refractivity contribution in [2.75, 3.05) is 32.5 Å². The first-order chi connectivity index (χ1) is 11.4. The van der Waals surface area contributed by atoms with Crippen LogP contribution in [0.3, 0.4) is 0 Å². The van der Waals surface area contributed by atoms with Crippen molar-refractivity contribution >= 4 is 41.5 Å². The number of nitrogens with zero attached hydrogens (tertiary/aromatic N) is 1. The summed E-state index contributed by atoms with van der Waals surface area (Å²) in [5.74, 6) is 0.333. The van der Waals surface area contributed by atoms with Crippen LogP contribution in [0.2, 0.25) is 5.02 Å². The van der Waals surface area contributed by atoms with Gasteiger partial charge in [-0.2, -0.15) is 0 Å². The molecule has 0 spiro atoms. The highest BCUT2D eigenvalue weighted by molar-refractivity contribution is 6.34. The third-order valence-corrected chi connectivity index (χ3v) is 5.67. The molecule has 7 heteroatoms. The minimum atomic E-state index is -0.303. The summed E-state index contributed by atoms with van der Waals surface area (Å²) in [5.41, 5.74) is 0.782. The van der Waals surface area contributed by atoms with Gasteiger partial charge in [0.1, 0.15) is 0 Å². The number of benzene rings is 1. The summed E-state index contributed by atoms with van der Waals surface area (Å²) in [5, 5.41) is 6.76. The quantitative estimate of drug-likeness (QED) is 0.839. The molecule has 25 heavy (non-hydrogen) atoms. The van der Waals surface area contributed by atoms with Gasteiger partial charge in [-0.05, 0) is 43.5 Å². The summed E-state index contributed by atoms with van der Waals surface area (Å²) < 4.78 is 0. The van der Waals surface area contributed by atoms with Gasteiger partial charge in [-0.15, -0.1) is 12.4 Å². The summed E-state index contributed by atoms with van der Waals surface area (Å²) in [4.78, 5) is 26.5. The van der Waals surface area contributed by atoms with Crippen LogP contribution >= 0.6 is 24.0 Å². The standard InChI is InChI=1S/C18H24ClN3O2.ClH/c1-22(2)16(23)14-7-6-13(9-15(14)19)21-17(24)18-8-4-3-5-12(18)10-20-11-18;/h6-7,9,12,20H,3-5,8,10-11H2,1-2H3,(H,21,24);1H/t12-,18+;/m0./s1. The van der Waals surface area contributed by atoms with E-state index in [0.717, 1.165) is 32.4 Å². The Labute approximate surface area is 159 Å². The second-order valence-electron chi connectivity index (χ2n) is 7.08. The van der Waals surface area contributed by atoms with Crippen LogP contribution in [0.25, 0.3) is 0 Å². The first-order valence-electron chi connectivity index (χ1n) is 8.47. The van der Waals surface area contributed by atoms with Gasteiger partial charge in [-0.3, -0.25) is 9.59 Å². The molecule has 1 saturated heterocycles. The van der Waals surface area contributed by atoms with Crippen molar-refractivity contribution in [2.45, 2.75) is 25.7 Å². The Morgan fingerprint density at radius 1 is 1.32 bits per heavy atom. The number of anilines is 1. The van der Waals surface area contributed by atoms with Gasteiger partial charge in [0.2, 0.25) is 5.91 Å². The van der Waals surface area contributed by atoms with Crippen LogP contribution < -0.4 is 10.6 Å². The van der Waals surface area contributed by atoms with Gasteiger partial charge in [0.05, 0.1) is 16.0 Å². The topological polar surface area (TPSA) is 61.4 Å². The summed E-state index contributed by atoms with van der Waals surface area (Å²) >= 11 is 6.24. The molecule has 1 aromatic rings. The lowest BCUT2D eigenvalue weighted by molar-refractivity contribution is -0.128. The first kappa shape index (κ1) is 20.0. The fraction of sp³-hybridized carbons (Fsp3) is 0.556. The van der Waals surface area contributed by atoms with Crippen molar-refractivity contribution in [2.24, 2.45) is 11.3 Å². The number of carbonyl (C=O) groups excluding carboxylic acids is 2. The third kappa shape index (κ3) is 3.78. The van der Waals surface area contributed by atoms with E-state index in [4.69, 9.17) is 11.6 Å². The normalized spacial score (nSPS) is 24.8. The Bertz CT molecular complexity index is 666. The highest BCUT2D eigenvalue weighted by Crippen LogP contribution is 2.44. The highest BCUT2D eigenvalue weighted by Gasteiger charge is 2.49. The second-order valence-corrected chi connectivity index (χ2v) is 7.49. The number of amides is 2. The maximum Gasteiger partial charge on any atom is 0.254 e. The summed E-state index contributed by atoms with van der Waals surface area (Å²) in [6, 6.07) is 5.08. The van der Waals surface area contributed by atoms with E-state index < -0.39 is 0 Å². The Kier molecular flexibility index (Phi) is 6.35. The lowest BCUT2D eigenvalue weighted by Gasteiger charge is -2.37. The Morgan fingerprint density at radius 2 is 2.08 bits per heavy atom. The van der Waals surface area contributed by atoms with Crippen LogP contribution in [0.4, 0.5) is 5.69 Å². The number of rotatable bonds is 3. The zero-order valence-corrected chi connectivity index (χ0v) is 16.2. The molecule has 1 heterocycles. The Balaban J connectivity index is 0.00000225. The number of nitrogens with one attached hydrogen (secondary N) is 2. The molecule has 5 nitrogen and oxygen atoms in total. The maximum atomic E-state index is 12.9. The average Bonchev–Trinajstić information content (AvgIpc) is 2.99. The number of fused-ring (bicyclic) bond motifs is 1. The van der Waals surface area contributed by atoms with E-state index in [0.29, 0.717) is 22.2 Å². The number of hydrogen-bond acceptors (Lipinski definition) is 3. The molecule has 2 amide bonds. The van der Waals surface area contributed by atoms with Gasteiger partial charge >= 0.3 is 0 Å². The van der Waals surface area contributed by atoms with E-state index in [9.17, 15) is 9.59 Å². The van der Waals surface area contributed by atoms with Crippen molar-refractivity contribution in [3.63, 3.8) is 0 Å². The third-order valence-electron chi connectivity index (χ3n) is 5.35. The fourth-order valence-corrected chi connectivity index (χ4v) is 4.21. The summed E-state index contributed by atoms with van der Waals surface area (Å²) in [6.45, 7) is 1.67. The number of halogens is 2. The van der Waals surface area contributed by atoms with E-state index in [1.165, 1.54) is 11.3 Å². The minimum absolute atomic E-state index is 0. The van der Waals surface area contributed by atoms with Crippen LogP contribution in [0.5, 0.6) is 0 Å². The van der Waals surface area contributed by atoms with Gasteiger partial charge in [0, 0.05) is 26.3 Å². The zero-order chi connectivity index (χ0) is 17.3. The van der Waals surface area contributed by atoms with E-state index in [1.54, 1.807) is 32.3 Å². The predicted octanol–water partition coefficient (Wildman–Crippen LogP) is 3.18. The van der Waals surface area contributed by atoms with E-state index in [-0.39, 0.29) is 29.6 Å². The Morgan fingerprint density at radius 3 is 2.76 bits per heavy atom. The van der Waals surface area contributed by atoms with Gasteiger partial charge in [-0.25, -0.2) is 0 Å². The molecule has 1 saturated carbocycles. The van der Waals surface area contributed by atoms with Gasteiger partial charge in [-0.1, -0.05) is 24.4 Å². The molecule has 1 aliphatic carbocycles. The molecule has 0 aromatic heterocycles. The van der Waals surface area contributed by atoms with Crippen LogP contribution in [-0.2, 0) is 4.79 Å². The summed E-state index contributed by atoms with van der Waals surface area (Å²) in [7, 11) is 3.37. The van der Waals surface area contributed by atoms with E-state index in [1.807, 2.05) is 0 Å². The van der Waals surface area contributed by atoms with Gasteiger partial charge in [0.15, 0.2) is 0 Å². The molecular weight excluding hydrogens is 361 g/mol. The first-order valence-corrected chi connectivity index (χ1v) is 8.85. The molecular formula is C18H25Cl2N3O2. The molecule has 1 aliphatic heterocycles. The fourth-order valence-electron chi connectivity index (χ4n) is 3.95. The van der Waals surface area contributed by atoms with Crippen molar-refractivity contribution in [1.29, 1.82) is 0 Å². The lowest BCUT2D eigenvalue weighted by atomic mass is 9.67. The molecule has 2 aliphatic rings. The summed E-state index contributed by atoms with van der Waals surface area (Å²) in [6.07, 6.45) is 4.34. The molecule has 138 valence electrons. The molecule has 0 bridgehead atoms. The number of carbonyl (C=O) groups is 2. The SMILES string of the molecule is CN(C)C(=O)c1ccc(NC(=O)[C@@]23CCCC[C@H]2CNC3)cc1Cl.Cl. The maximum absolute atomic E-state index is 12.9. The smallest absolute Gasteiger partial charge is 0.254 e. The minimum Gasteiger partial charge on any atom is -0.345 e. The Hall–Kier alpha value is -1.30. The lowest BCUT2D eigenvalue weighted by Crippen LogP contribution is -2.44. The average molecular weight is 386 g/mol. The van der Waals surface area contributed by atoms with Gasteiger partial charge in [0.25, 0.3) is 5.91 Å². The van der Waals surface area contributed by atoms with Gasteiger partial charge < -0.3 is 15.5 Å². The van der Waals surface area contributed by atoms with Crippen molar-refractivity contribution < 1.29 is 9.59 Å². The van der Waals surface area contributed by atoms with Crippen LogP contribution in [0, 0.1) is 11.3 Å². The largest absolute Gasteiger partial charge is 0.345 e. The van der Waals surface area contributed by atoms with E-state index >= 15 is 0 Å². The molecule has 2 N–H and O–H groups in total. The highest BCUT2D eigenvalue weighted by atomic mass is 35.5. The molecule has 2 fully saturated rings. The molecule has 0 unspecified atom stereocenters. The van der Waals surface area contributed by atoms with E-state index in [2.05, 4.69) is 10.6 Å². The molecule has 3 rings (SSSR count). The second kappa shape index (κ2) is 7.94.